The van der Waals surface area contributed by atoms with E-state index in [0.29, 0.717) is 12.5 Å². The van der Waals surface area contributed by atoms with Crippen molar-refractivity contribution in [3.05, 3.63) is 24.3 Å². The maximum absolute atomic E-state index is 11.9. The smallest absolute Gasteiger partial charge is 0.238 e. The Morgan fingerprint density at radius 1 is 1.40 bits per heavy atom. The van der Waals surface area contributed by atoms with Crippen LogP contribution in [0.2, 0.25) is 0 Å². The first-order valence-electron chi connectivity index (χ1n) is 6.87. The van der Waals surface area contributed by atoms with E-state index in [1.54, 1.807) is 7.11 Å². The van der Waals surface area contributed by atoms with Crippen LogP contribution in [0.15, 0.2) is 24.3 Å². The molecule has 0 bridgehead atoms. The third-order valence-corrected chi connectivity index (χ3v) is 3.57. The summed E-state index contributed by atoms with van der Waals surface area (Å²) in [5.74, 6) is 1.25. The molecule has 20 heavy (non-hydrogen) atoms. The number of benzene rings is 1. The molecule has 0 atom stereocenters. The van der Waals surface area contributed by atoms with E-state index in [2.05, 4.69) is 5.32 Å². The van der Waals surface area contributed by atoms with Gasteiger partial charge in [-0.3, -0.25) is 9.69 Å². The molecule has 1 aliphatic rings. The second-order valence-corrected chi connectivity index (χ2v) is 5.46. The standard InChI is InChI=1S/C15H22N2O3/c1-17(9-11-7-13(18)8-11)10-15(19)16-12-3-5-14(20-2)6-4-12/h3-6,11,13,18H,7-10H2,1-2H3,(H,16,19). The van der Waals surface area contributed by atoms with Crippen molar-refractivity contribution < 1.29 is 14.6 Å². The first-order valence-corrected chi connectivity index (χ1v) is 6.87. The number of anilines is 1. The average molecular weight is 278 g/mol. The molecular formula is C15H22N2O3. The lowest BCUT2D eigenvalue weighted by molar-refractivity contribution is -0.117. The maximum Gasteiger partial charge on any atom is 0.238 e. The molecule has 0 aliphatic heterocycles. The minimum absolute atomic E-state index is 0.0301. The topological polar surface area (TPSA) is 61.8 Å². The van der Waals surface area contributed by atoms with Gasteiger partial charge in [-0.25, -0.2) is 0 Å². The van der Waals surface area contributed by atoms with Crippen LogP contribution in [0.1, 0.15) is 12.8 Å². The van der Waals surface area contributed by atoms with Crippen molar-refractivity contribution in [2.45, 2.75) is 18.9 Å². The molecule has 1 aromatic carbocycles. The van der Waals surface area contributed by atoms with Crippen LogP contribution in [0, 0.1) is 5.92 Å². The Morgan fingerprint density at radius 2 is 2.05 bits per heavy atom. The fraction of sp³-hybridized carbons (Fsp3) is 0.533. The van der Waals surface area contributed by atoms with Gasteiger partial charge >= 0.3 is 0 Å². The molecular weight excluding hydrogens is 256 g/mol. The normalized spacial score (nSPS) is 21.4. The van der Waals surface area contributed by atoms with Crippen molar-refractivity contribution in [2.75, 3.05) is 32.6 Å². The number of ether oxygens (including phenoxy) is 1. The number of methoxy groups -OCH3 is 1. The number of nitrogens with one attached hydrogen (secondary N) is 1. The number of carbonyl (C=O) groups is 1. The van der Waals surface area contributed by atoms with E-state index in [1.807, 2.05) is 36.2 Å². The summed E-state index contributed by atoms with van der Waals surface area (Å²) in [5, 5.41) is 12.1. The zero-order chi connectivity index (χ0) is 14.5. The fourth-order valence-corrected chi connectivity index (χ4v) is 2.47. The Morgan fingerprint density at radius 3 is 2.60 bits per heavy atom. The highest BCUT2D eigenvalue weighted by molar-refractivity contribution is 5.92. The second kappa shape index (κ2) is 6.72. The van der Waals surface area contributed by atoms with Crippen LogP contribution in [0.5, 0.6) is 5.75 Å². The number of amides is 1. The molecule has 110 valence electrons. The summed E-state index contributed by atoms with van der Waals surface area (Å²) >= 11 is 0. The van der Waals surface area contributed by atoms with Gasteiger partial charge in [0.1, 0.15) is 5.75 Å². The van der Waals surface area contributed by atoms with Crippen molar-refractivity contribution in [1.29, 1.82) is 0 Å². The molecule has 1 aromatic rings. The molecule has 0 heterocycles. The fourth-order valence-electron chi connectivity index (χ4n) is 2.47. The van der Waals surface area contributed by atoms with Crippen LogP contribution >= 0.6 is 0 Å². The van der Waals surface area contributed by atoms with Crippen LogP contribution in [-0.4, -0.2) is 49.3 Å². The number of carbonyl (C=O) groups excluding carboxylic acids is 1. The SMILES string of the molecule is COc1ccc(NC(=O)CN(C)CC2CC(O)C2)cc1. The van der Waals surface area contributed by atoms with Gasteiger partial charge in [0.25, 0.3) is 0 Å². The molecule has 1 aliphatic carbocycles. The molecule has 1 amide bonds. The Balaban J connectivity index is 1.73. The van der Waals surface area contributed by atoms with Crippen LogP contribution < -0.4 is 10.1 Å². The van der Waals surface area contributed by atoms with Gasteiger partial charge in [0.05, 0.1) is 19.8 Å². The zero-order valence-electron chi connectivity index (χ0n) is 12.0. The molecule has 5 nitrogen and oxygen atoms in total. The number of hydrogen-bond donors (Lipinski definition) is 2. The van der Waals surface area contributed by atoms with E-state index in [-0.39, 0.29) is 12.0 Å². The average Bonchev–Trinajstić information content (AvgIpc) is 2.37. The predicted octanol–water partition coefficient (Wildman–Crippen LogP) is 1.34. The highest BCUT2D eigenvalue weighted by atomic mass is 16.5. The van der Waals surface area contributed by atoms with Crippen molar-refractivity contribution in [3.8, 4) is 5.75 Å². The number of aliphatic hydroxyl groups is 1. The molecule has 1 fully saturated rings. The molecule has 0 aromatic heterocycles. The van der Waals surface area contributed by atoms with Gasteiger partial charge < -0.3 is 15.2 Å². The molecule has 2 N–H and O–H groups in total. The summed E-state index contributed by atoms with van der Waals surface area (Å²) in [4.78, 5) is 13.9. The minimum Gasteiger partial charge on any atom is -0.497 e. The highest BCUT2D eigenvalue weighted by Crippen LogP contribution is 2.27. The Labute approximate surface area is 119 Å². The Hall–Kier alpha value is -1.59. The summed E-state index contributed by atoms with van der Waals surface area (Å²) in [7, 11) is 3.54. The Bertz CT molecular complexity index is 441. The molecule has 0 radical (unpaired) electrons. The first-order chi connectivity index (χ1) is 9.56. The summed E-state index contributed by atoms with van der Waals surface area (Å²) in [6, 6.07) is 7.27. The zero-order valence-corrected chi connectivity index (χ0v) is 12.0. The van der Waals surface area contributed by atoms with Crippen LogP contribution in [-0.2, 0) is 4.79 Å². The summed E-state index contributed by atoms with van der Waals surface area (Å²) < 4.78 is 5.07. The number of hydrogen-bond acceptors (Lipinski definition) is 4. The third-order valence-electron chi connectivity index (χ3n) is 3.57. The lowest BCUT2D eigenvalue weighted by atomic mass is 9.82. The Kier molecular flexibility index (Phi) is 4.98. The van der Waals surface area contributed by atoms with Crippen LogP contribution in [0.3, 0.4) is 0 Å². The van der Waals surface area contributed by atoms with Gasteiger partial charge in [0.15, 0.2) is 0 Å². The van der Waals surface area contributed by atoms with Gasteiger partial charge in [-0.2, -0.15) is 0 Å². The molecule has 2 rings (SSSR count). The number of likely N-dealkylation sites (N-methyl/N-ethyl adjacent to an activating group) is 1. The highest BCUT2D eigenvalue weighted by Gasteiger charge is 2.28. The van der Waals surface area contributed by atoms with E-state index in [1.165, 1.54) is 0 Å². The van der Waals surface area contributed by atoms with Crippen LogP contribution in [0.4, 0.5) is 5.69 Å². The molecule has 0 unspecified atom stereocenters. The third kappa shape index (κ3) is 4.21. The number of rotatable bonds is 6. The molecule has 0 spiro atoms. The monoisotopic (exact) mass is 278 g/mol. The summed E-state index contributed by atoms with van der Waals surface area (Å²) in [6.45, 7) is 1.21. The summed E-state index contributed by atoms with van der Waals surface area (Å²) in [6.07, 6.45) is 1.57. The minimum atomic E-state index is -0.137. The van der Waals surface area contributed by atoms with E-state index < -0.39 is 0 Å². The summed E-state index contributed by atoms with van der Waals surface area (Å²) in [5.41, 5.74) is 0.767. The van der Waals surface area contributed by atoms with Crippen molar-refractivity contribution in [2.24, 2.45) is 5.92 Å². The maximum atomic E-state index is 11.9. The van der Waals surface area contributed by atoms with Gasteiger partial charge in [0, 0.05) is 12.2 Å². The first kappa shape index (κ1) is 14.8. The number of nitrogens with zero attached hydrogens (tertiary/aromatic N) is 1. The van der Waals surface area contributed by atoms with Crippen molar-refractivity contribution in [1.82, 2.24) is 4.90 Å². The lowest BCUT2D eigenvalue weighted by Crippen LogP contribution is -2.39. The van der Waals surface area contributed by atoms with E-state index in [4.69, 9.17) is 4.74 Å². The second-order valence-electron chi connectivity index (χ2n) is 5.46. The van der Waals surface area contributed by atoms with Gasteiger partial charge in [-0.1, -0.05) is 0 Å². The molecule has 1 saturated carbocycles. The van der Waals surface area contributed by atoms with Crippen molar-refractivity contribution in [3.63, 3.8) is 0 Å². The van der Waals surface area contributed by atoms with Gasteiger partial charge in [-0.15, -0.1) is 0 Å². The number of aliphatic hydroxyl groups excluding tert-OH is 1. The van der Waals surface area contributed by atoms with E-state index in [0.717, 1.165) is 30.8 Å². The van der Waals surface area contributed by atoms with Crippen molar-refractivity contribution >= 4 is 11.6 Å². The van der Waals surface area contributed by atoms with Gasteiger partial charge in [-0.05, 0) is 50.1 Å². The van der Waals surface area contributed by atoms with Crippen LogP contribution in [0.25, 0.3) is 0 Å². The predicted molar refractivity (Wildman–Crippen MR) is 77.9 cm³/mol. The van der Waals surface area contributed by atoms with E-state index >= 15 is 0 Å². The van der Waals surface area contributed by atoms with E-state index in [9.17, 15) is 9.90 Å². The molecule has 5 heteroatoms. The molecule has 0 saturated heterocycles. The van der Waals surface area contributed by atoms with Gasteiger partial charge in [0.2, 0.25) is 5.91 Å². The lowest BCUT2D eigenvalue weighted by Gasteiger charge is -2.34. The largest absolute Gasteiger partial charge is 0.497 e. The quantitative estimate of drug-likeness (QED) is 0.824.